The number of ether oxygens (including phenoxy) is 2. The molecule has 0 radical (unpaired) electrons. The fraction of sp³-hybridized carbons (Fsp3) is 0.250. The summed E-state index contributed by atoms with van der Waals surface area (Å²) >= 11 is 6.05. The molecule has 0 spiro atoms. The number of nitrogens with one attached hydrogen (secondary N) is 1. The number of rotatable bonds is 7. The van der Waals surface area contributed by atoms with Crippen LogP contribution in [0.2, 0.25) is 5.02 Å². The highest BCUT2D eigenvalue weighted by molar-refractivity contribution is 6.32. The molecule has 2 aromatic carbocycles. The highest BCUT2D eigenvalue weighted by atomic mass is 35.5. The van der Waals surface area contributed by atoms with Crippen LogP contribution < -0.4 is 14.8 Å². The van der Waals surface area contributed by atoms with Gasteiger partial charge in [-0.05, 0) is 42.5 Å². The first kappa shape index (κ1) is 19.7. The second-order valence-electron chi connectivity index (χ2n) is 6.32. The van der Waals surface area contributed by atoms with E-state index in [9.17, 15) is 4.79 Å². The predicted molar refractivity (Wildman–Crippen MR) is 106 cm³/mol. The van der Waals surface area contributed by atoms with E-state index in [4.69, 9.17) is 25.6 Å². The van der Waals surface area contributed by atoms with Crippen LogP contribution in [0.25, 0.3) is 11.5 Å². The van der Waals surface area contributed by atoms with Gasteiger partial charge in [-0.1, -0.05) is 30.6 Å². The maximum atomic E-state index is 12.1. The molecule has 1 amide bonds. The summed E-state index contributed by atoms with van der Waals surface area (Å²) in [5.41, 5.74) is 1.34. The molecule has 0 aliphatic heterocycles. The third-order valence-corrected chi connectivity index (χ3v) is 4.16. The number of hydrogen-bond acceptors (Lipinski definition) is 6. The van der Waals surface area contributed by atoms with Crippen molar-refractivity contribution >= 4 is 23.2 Å². The minimum atomic E-state index is -0.302. The van der Waals surface area contributed by atoms with Gasteiger partial charge in [-0.15, -0.1) is 0 Å². The summed E-state index contributed by atoms with van der Waals surface area (Å²) in [6.07, 6.45) is 0. The van der Waals surface area contributed by atoms with Gasteiger partial charge in [-0.25, -0.2) is 0 Å². The molecule has 1 N–H and O–H groups in total. The molecular weight excluding hydrogens is 382 g/mol. The van der Waals surface area contributed by atoms with Crippen molar-refractivity contribution in [3.8, 4) is 23.0 Å². The number of benzene rings is 2. The number of anilines is 1. The Labute approximate surface area is 167 Å². The van der Waals surface area contributed by atoms with Crippen molar-refractivity contribution in [3.05, 3.63) is 53.3 Å². The first-order valence-corrected chi connectivity index (χ1v) is 9.04. The van der Waals surface area contributed by atoms with Crippen LogP contribution in [0.15, 0.2) is 47.0 Å². The lowest BCUT2D eigenvalue weighted by Crippen LogP contribution is -2.20. The first-order chi connectivity index (χ1) is 13.5. The average molecular weight is 402 g/mol. The number of carbonyl (C=O) groups is 1. The zero-order valence-corrected chi connectivity index (χ0v) is 16.5. The van der Waals surface area contributed by atoms with E-state index in [1.165, 1.54) is 7.11 Å². The fourth-order valence-corrected chi connectivity index (χ4v) is 2.63. The molecule has 7 nitrogen and oxygen atoms in total. The molecular formula is C20H20ClN3O4. The minimum absolute atomic E-state index is 0.138. The number of methoxy groups -OCH3 is 1. The van der Waals surface area contributed by atoms with Crippen LogP contribution in [0.1, 0.15) is 25.6 Å². The Morgan fingerprint density at radius 3 is 2.57 bits per heavy atom. The molecule has 3 aromatic rings. The number of nitrogens with zero attached hydrogens (tertiary/aromatic N) is 2. The van der Waals surface area contributed by atoms with Gasteiger partial charge in [0, 0.05) is 17.2 Å². The fourth-order valence-electron chi connectivity index (χ4n) is 2.37. The van der Waals surface area contributed by atoms with Crippen molar-refractivity contribution < 1.29 is 18.8 Å². The largest absolute Gasteiger partial charge is 0.495 e. The number of amides is 1. The first-order valence-electron chi connectivity index (χ1n) is 8.66. The number of carbonyl (C=O) groups excluding carboxylic acids is 1. The maximum Gasteiger partial charge on any atom is 0.262 e. The average Bonchev–Trinajstić information content (AvgIpc) is 3.17. The van der Waals surface area contributed by atoms with Gasteiger partial charge < -0.3 is 19.3 Å². The van der Waals surface area contributed by atoms with Gasteiger partial charge in [0.25, 0.3) is 11.8 Å². The van der Waals surface area contributed by atoms with Crippen LogP contribution in [0.4, 0.5) is 5.69 Å². The number of aromatic nitrogens is 2. The molecule has 0 unspecified atom stereocenters. The van der Waals surface area contributed by atoms with Crippen LogP contribution in [0.3, 0.4) is 0 Å². The molecule has 0 saturated heterocycles. The molecule has 146 valence electrons. The van der Waals surface area contributed by atoms with Crippen LogP contribution in [0.5, 0.6) is 11.5 Å². The Hall–Kier alpha value is -3.06. The van der Waals surface area contributed by atoms with E-state index in [1.54, 1.807) is 42.5 Å². The van der Waals surface area contributed by atoms with Crippen molar-refractivity contribution in [1.29, 1.82) is 0 Å². The molecule has 0 atom stereocenters. The Kier molecular flexibility index (Phi) is 6.16. The minimum Gasteiger partial charge on any atom is -0.495 e. The van der Waals surface area contributed by atoms with Gasteiger partial charge >= 0.3 is 0 Å². The van der Waals surface area contributed by atoms with Gasteiger partial charge in [-0.2, -0.15) is 4.98 Å². The van der Waals surface area contributed by atoms with E-state index in [1.807, 2.05) is 13.8 Å². The van der Waals surface area contributed by atoms with Gasteiger partial charge in [0.15, 0.2) is 12.4 Å². The summed E-state index contributed by atoms with van der Waals surface area (Å²) in [4.78, 5) is 16.4. The Bertz CT molecular complexity index is 954. The number of halogens is 1. The summed E-state index contributed by atoms with van der Waals surface area (Å²) in [5, 5.41) is 7.08. The van der Waals surface area contributed by atoms with E-state index in [2.05, 4.69) is 15.5 Å². The predicted octanol–water partition coefficient (Wildman–Crippen LogP) is 4.54. The zero-order chi connectivity index (χ0) is 20.1. The molecule has 8 heteroatoms. The van der Waals surface area contributed by atoms with Crippen molar-refractivity contribution in [2.24, 2.45) is 0 Å². The Balaban J connectivity index is 1.55. The molecule has 3 rings (SSSR count). The van der Waals surface area contributed by atoms with E-state index < -0.39 is 0 Å². The van der Waals surface area contributed by atoms with Crippen molar-refractivity contribution in [2.75, 3.05) is 19.0 Å². The summed E-state index contributed by atoms with van der Waals surface area (Å²) in [6, 6.07) is 12.1. The monoisotopic (exact) mass is 401 g/mol. The van der Waals surface area contributed by atoms with Crippen molar-refractivity contribution in [3.63, 3.8) is 0 Å². The highest BCUT2D eigenvalue weighted by Gasteiger charge is 2.12. The molecule has 0 aliphatic carbocycles. The third-order valence-electron chi connectivity index (χ3n) is 3.86. The normalized spacial score (nSPS) is 10.8. The van der Waals surface area contributed by atoms with Crippen molar-refractivity contribution in [2.45, 2.75) is 19.8 Å². The van der Waals surface area contributed by atoms with E-state index in [0.29, 0.717) is 33.9 Å². The van der Waals surface area contributed by atoms with Gasteiger partial charge in [0.2, 0.25) is 0 Å². The molecule has 28 heavy (non-hydrogen) atoms. The van der Waals surface area contributed by atoms with Crippen LogP contribution in [0, 0.1) is 0 Å². The van der Waals surface area contributed by atoms with E-state index in [-0.39, 0.29) is 18.4 Å². The molecule has 0 aliphatic rings. The lowest BCUT2D eigenvalue weighted by Gasteiger charge is -2.09. The molecule has 1 aromatic heterocycles. The lowest BCUT2D eigenvalue weighted by molar-refractivity contribution is -0.118. The number of hydrogen-bond donors (Lipinski definition) is 1. The van der Waals surface area contributed by atoms with E-state index >= 15 is 0 Å². The SMILES string of the molecule is COc1ccc(NC(=O)COc2ccc(-c3nc(C(C)C)no3)cc2)cc1Cl. The van der Waals surface area contributed by atoms with Crippen LogP contribution in [-0.4, -0.2) is 29.8 Å². The second kappa shape index (κ2) is 8.75. The van der Waals surface area contributed by atoms with Gasteiger partial charge in [0.1, 0.15) is 11.5 Å². The molecule has 0 saturated carbocycles. The van der Waals surface area contributed by atoms with Gasteiger partial charge in [-0.3, -0.25) is 4.79 Å². The highest BCUT2D eigenvalue weighted by Crippen LogP contribution is 2.27. The standard InChI is InChI=1S/C20H20ClN3O4/c1-12(2)19-23-20(28-24-19)13-4-7-15(8-5-13)27-11-18(25)22-14-6-9-17(26-3)16(21)10-14/h4-10,12H,11H2,1-3H3,(H,22,25). The zero-order valence-electron chi connectivity index (χ0n) is 15.7. The lowest BCUT2D eigenvalue weighted by atomic mass is 10.2. The summed E-state index contributed by atoms with van der Waals surface area (Å²) in [5.74, 6) is 2.09. The smallest absolute Gasteiger partial charge is 0.262 e. The molecule has 0 bridgehead atoms. The summed E-state index contributed by atoms with van der Waals surface area (Å²) in [7, 11) is 1.53. The summed E-state index contributed by atoms with van der Waals surface area (Å²) in [6.45, 7) is 3.86. The van der Waals surface area contributed by atoms with Crippen LogP contribution >= 0.6 is 11.6 Å². The quantitative estimate of drug-likeness (QED) is 0.625. The third kappa shape index (κ3) is 4.80. The Morgan fingerprint density at radius 1 is 1.21 bits per heavy atom. The molecule has 1 heterocycles. The van der Waals surface area contributed by atoms with Crippen molar-refractivity contribution in [1.82, 2.24) is 10.1 Å². The summed E-state index contributed by atoms with van der Waals surface area (Å²) < 4.78 is 15.9. The Morgan fingerprint density at radius 2 is 1.96 bits per heavy atom. The topological polar surface area (TPSA) is 86.5 Å². The molecule has 0 fully saturated rings. The van der Waals surface area contributed by atoms with Crippen LogP contribution in [-0.2, 0) is 4.79 Å². The van der Waals surface area contributed by atoms with E-state index in [0.717, 1.165) is 5.56 Å². The second-order valence-corrected chi connectivity index (χ2v) is 6.73. The maximum absolute atomic E-state index is 12.1. The van der Waals surface area contributed by atoms with Gasteiger partial charge in [0.05, 0.1) is 12.1 Å².